The fraction of sp³-hybridized carbons (Fsp3) is 0.333. The van der Waals surface area contributed by atoms with E-state index in [4.69, 9.17) is 0 Å². The molecule has 1 saturated heterocycles. The van der Waals surface area contributed by atoms with Gasteiger partial charge in [0.15, 0.2) is 0 Å². The van der Waals surface area contributed by atoms with Crippen LogP contribution in [-0.4, -0.2) is 33.4 Å². The molecule has 4 rings (SSSR count). The first-order valence-electron chi connectivity index (χ1n) is 7.99. The first-order chi connectivity index (χ1) is 11.2. The third kappa shape index (κ3) is 2.55. The number of carbonyl (C=O) groups excluding carboxylic acids is 1. The molecule has 1 atom stereocenters. The summed E-state index contributed by atoms with van der Waals surface area (Å²) in [6.07, 6.45) is 7.79. The van der Waals surface area contributed by atoms with Gasteiger partial charge in [-0.05, 0) is 36.8 Å². The Balaban J connectivity index is 1.61. The predicted octanol–water partition coefficient (Wildman–Crippen LogP) is 3.88. The molecule has 5 heteroatoms. The first-order valence-corrected chi connectivity index (χ1v) is 8.80. The molecule has 4 nitrogen and oxygen atoms in total. The van der Waals surface area contributed by atoms with Crippen LogP contribution in [-0.2, 0) is 0 Å². The molecule has 3 aromatic rings. The van der Waals surface area contributed by atoms with Crippen molar-refractivity contribution in [3.8, 4) is 0 Å². The van der Waals surface area contributed by atoms with Gasteiger partial charge >= 0.3 is 0 Å². The molecule has 1 aliphatic rings. The highest BCUT2D eigenvalue weighted by molar-refractivity contribution is 7.21. The average Bonchev–Trinajstić information content (AvgIpc) is 3.23. The van der Waals surface area contributed by atoms with E-state index >= 15 is 0 Å². The predicted molar refractivity (Wildman–Crippen MR) is 93.0 cm³/mol. The molecule has 1 aromatic carbocycles. The van der Waals surface area contributed by atoms with E-state index < -0.39 is 0 Å². The van der Waals surface area contributed by atoms with Gasteiger partial charge in [-0.25, -0.2) is 4.98 Å². The Morgan fingerprint density at radius 2 is 2.22 bits per heavy atom. The van der Waals surface area contributed by atoms with Crippen molar-refractivity contribution in [1.29, 1.82) is 0 Å². The summed E-state index contributed by atoms with van der Waals surface area (Å²) in [6.45, 7) is 3.67. The van der Waals surface area contributed by atoms with E-state index in [1.807, 2.05) is 29.6 Å². The van der Waals surface area contributed by atoms with Crippen molar-refractivity contribution in [2.24, 2.45) is 0 Å². The van der Waals surface area contributed by atoms with Crippen molar-refractivity contribution < 1.29 is 4.79 Å². The topological polar surface area (TPSA) is 38.1 Å². The zero-order valence-corrected chi connectivity index (χ0v) is 13.9. The van der Waals surface area contributed by atoms with E-state index in [1.54, 1.807) is 17.5 Å². The third-order valence-corrected chi connectivity index (χ3v) is 5.93. The summed E-state index contributed by atoms with van der Waals surface area (Å²) in [5, 5.41) is 1.20. The zero-order chi connectivity index (χ0) is 15.8. The summed E-state index contributed by atoms with van der Waals surface area (Å²) in [7, 11) is 0. The summed E-state index contributed by atoms with van der Waals surface area (Å²) in [4.78, 5) is 20.0. The molecule has 0 unspecified atom stereocenters. The number of amides is 1. The van der Waals surface area contributed by atoms with Gasteiger partial charge in [0.1, 0.15) is 0 Å². The van der Waals surface area contributed by atoms with Crippen molar-refractivity contribution >= 4 is 27.3 Å². The van der Waals surface area contributed by atoms with Crippen LogP contribution in [0.25, 0.3) is 10.1 Å². The monoisotopic (exact) mass is 325 g/mol. The van der Waals surface area contributed by atoms with Crippen LogP contribution in [0.15, 0.2) is 43.0 Å². The van der Waals surface area contributed by atoms with E-state index in [0.717, 1.165) is 36.4 Å². The third-order valence-electron chi connectivity index (χ3n) is 4.67. The van der Waals surface area contributed by atoms with Crippen LogP contribution in [0.1, 0.15) is 34.1 Å². The standard InChI is InChI=1S/C18H19N3OS/c1-13-15-6-2-3-7-16(15)23-17(13)18(22)20-9-4-5-14(11-20)21-10-8-19-12-21/h2-3,6-8,10,12,14H,4-5,9,11H2,1H3/t14-/m0/s1. The second-order valence-corrected chi connectivity index (χ2v) is 7.16. The molecule has 118 valence electrons. The van der Waals surface area contributed by atoms with Crippen LogP contribution in [0, 0.1) is 6.92 Å². The lowest BCUT2D eigenvalue weighted by Crippen LogP contribution is -2.40. The molecule has 2 aromatic heterocycles. The number of hydrogen-bond donors (Lipinski definition) is 0. The van der Waals surface area contributed by atoms with Gasteiger partial charge in [0.2, 0.25) is 0 Å². The minimum atomic E-state index is 0.175. The molecular formula is C18H19N3OS. The molecule has 1 fully saturated rings. The number of likely N-dealkylation sites (tertiary alicyclic amines) is 1. The summed E-state index contributed by atoms with van der Waals surface area (Å²) in [5.41, 5.74) is 1.11. The van der Waals surface area contributed by atoms with E-state index in [2.05, 4.69) is 28.6 Å². The molecular weight excluding hydrogens is 306 g/mol. The van der Waals surface area contributed by atoms with Gasteiger partial charge in [0.05, 0.1) is 17.2 Å². The van der Waals surface area contributed by atoms with Crippen molar-refractivity contribution in [2.75, 3.05) is 13.1 Å². The minimum Gasteiger partial charge on any atom is -0.336 e. The van der Waals surface area contributed by atoms with E-state index in [9.17, 15) is 4.79 Å². The van der Waals surface area contributed by atoms with Gasteiger partial charge in [-0.1, -0.05) is 18.2 Å². The Morgan fingerprint density at radius 3 is 3.00 bits per heavy atom. The summed E-state index contributed by atoms with van der Waals surface area (Å²) in [5.74, 6) is 0.175. The lowest BCUT2D eigenvalue weighted by Gasteiger charge is -2.33. The molecule has 0 radical (unpaired) electrons. The van der Waals surface area contributed by atoms with Crippen LogP contribution in [0.4, 0.5) is 0 Å². The Hall–Kier alpha value is -2.14. The first kappa shape index (κ1) is 14.5. The molecule has 0 N–H and O–H groups in total. The molecule has 0 aliphatic carbocycles. The zero-order valence-electron chi connectivity index (χ0n) is 13.1. The Kier molecular flexibility index (Phi) is 3.65. The molecule has 1 amide bonds. The van der Waals surface area contributed by atoms with Crippen LogP contribution >= 0.6 is 11.3 Å². The Labute approximate surface area is 139 Å². The second kappa shape index (κ2) is 5.81. The Bertz CT molecular complexity index is 837. The lowest BCUT2D eigenvalue weighted by molar-refractivity contribution is 0.0684. The highest BCUT2D eigenvalue weighted by Crippen LogP contribution is 2.32. The van der Waals surface area contributed by atoms with Gasteiger partial charge in [0.25, 0.3) is 5.91 Å². The quantitative estimate of drug-likeness (QED) is 0.717. The van der Waals surface area contributed by atoms with E-state index in [-0.39, 0.29) is 5.91 Å². The lowest BCUT2D eigenvalue weighted by atomic mass is 10.0. The second-order valence-electron chi connectivity index (χ2n) is 6.11. The van der Waals surface area contributed by atoms with E-state index in [1.165, 1.54) is 10.1 Å². The number of piperidine rings is 1. The molecule has 23 heavy (non-hydrogen) atoms. The number of fused-ring (bicyclic) bond motifs is 1. The van der Waals surface area contributed by atoms with Crippen LogP contribution in [0.5, 0.6) is 0 Å². The number of rotatable bonds is 2. The van der Waals surface area contributed by atoms with Gasteiger partial charge in [-0.15, -0.1) is 11.3 Å². The van der Waals surface area contributed by atoms with Crippen molar-refractivity contribution in [3.05, 3.63) is 53.4 Å². The summed E-state index contributed by atoms with van der Waals surface area (Å²) in [6, 6.07) is 8.59. The number of benzene rings is 1. The fourth-order valence-electron chi connectivity index (χ4n) is 3.39. The number of nitrogens with zero attached hydrogens (tertiary/aromatic N) is 3. The minimum absolute atomic E-state index is 0.175. The molecule has 3 heterocycles. The highest BCUT2D eigenvalue weighted by Gasteiger charge is 2.27. The smallest absolute Gasteiger partial charge is 0.264 e. The normalized spacial score (nSPS) is 18.5. The number of imidazole rings is 1. The number of aryl methyl sites for hydroxylation is 1. The van der Waals surface area contributed by atoms with Gasteiger partial charge < -0.3 is 9.47 Å². The van der Waals surface area contributed by atoms with Gasteiger partial charge in [-0.2, -0.15) is 0 Å². The average molecular weight is 325 g/mol. The molecule has 1 aliphatic heterocycles. The van der Waals surface area contributed by atoms with Crippen LogP contribution in [0.3, 0.4) is 0 Å². The molecule has 0 spiro atoms. The van der Waals surface area contributed by atoms with Crippen molar-refractivity contribution in [3.63, 3.8) is 0 Å². The maximum absolute atomic E-state index is 13.0. The Morgan fingerprint density at radius 1 is 1.35 bits per heavy atom. The fourth-order valence-corrected chi connectivity index (χ4v) is 4.57. The van der Waals surface area contributed by atoms with Crippen molar-refractivity contribution in [2.45, 2.75) is 25.8 Å². The summed E-state index contributed by atoms with van der Waals surface area (Å²) < 4.78 is 3.31. The molecule has 0 saturated carbocycles. The number of thiophene rings is 1. The maximum atomic E-state index is 13.0. The molecule has 0 bridgehead atoms. The van der Waals surface area contributed by atoms with Gasteiger partial charge in [-0.3, -0.25) is 4.79 Å². The van der Waals surface area contributed by atoms with Crippen LogP contribution in [0.2, 0.25) is 0 Å². The largest absolute Gasteiger partial charge is 0.336 e. The number of carbonyl (C=O) groups is 1. The van der Waals surface area contributed by atoms with E-state index in [0.29, 0.717) is 6.04 Å². The summed E-state index contributed by atoms with van der Waals surface area (Å²) >= 11 is 1.61. The van der Waals surface area contributed by atoms with Crippen molar-refractivity contribution in [1.82, 2.24) is 14.5 Å². The van der Waals surface area contributed by atoms with Gasteiger partial charge in [0, 0.05) is 30.2 Å². The maximum Gasteiger partial charge on any atom is 0.264 e. The highest BCUT2D eigenvalue weighted by atomic mass is 32.1. The number of aromatic nitrogens is 2. The SMILES string of the molecule is Cc1c(C(=O)N2CCC[C@H](n3ccnc3)C2)sc2ccccc12. The number of hydrogen-bond acceptors (Lipinski definition) is 3. The van der Waals surface area contributed by atoms with Crippen LogP contribution < -0.4 is 0 Å².